The number of rotatable bonds is 3. The molecule has 0 saturated heterocycles. The first kappa shape index (κ1) is 14.5. The Kier molecular flexibility index (Phi) is 4.73. The van der Waals surface area contributed by atoms with Gasteiger partial charge in [0, 0.05) is 0 Å². The molecule has 4 heteroatoms. The summed E-state index contributed by atoms with van der Waals surface area (Å²) in [5, 5.41) is 11.8. The molecule has 0 aliphatic carbocycles. The molecule has 0 fully saturated rings. The zero-order chi connectivity index (χ0) is 13.8. The van der Waals surface area contributed by atoms with Gasteiger partial charge in [0.15, 0.2) is 0 Å². The highest BCUT2D eigenvalue weighted by Gasteiger charge is 2.18. The third-order valence-electron chi connectivity index (χ3n) is 2.37. The first-order valence-electron chi connectivity index (χ1n) is 6.01. The Hall–Kier alpha value is -1.55. The molecule has 0 bridgehead atoms. The normalized spacial score (nSPS) is 12.9. The van der Waals surface area contributed by atoms with Gasteiger partial charge < -0.3 is 15.2 Å². The number of alkyl carbamates (subject to hydrolysis) is 1. The van der Waals surface area contributed by atoms with Crippen molar-refractivity contribution in [1.82, 2.24) is 5.32 Å². The predicted octanol–water partition coefficient (Wildman–Crippen LogP) is 2.76. The van der Waals surface area contributed by atoms with Gasteiger partial charge in [-0.1, -0.05) is 24.3 Å². The standard InChI is InChI=1S/C14H21NO3/c1-10(15-13(17)18-14(2,3)4)12-7-5-6-11(8-12)9-16/h5-8,10,16H,9H2,1-4H3,(H,15,17)/t10-/m1/s1. The molecule has 0 aliphatic rings. The molecule has 0 radical (unpaired) electrons. The Balaban J connectivity index is 2.64. The van der Waals surface area contributed by atoms with Crippen molar-refractivity contribution >= 4 is 6.09 Å². The molecule has 4 nitrogen and oxygen atoms in total. The highest BCUT2D eigenvalue weighted by Crippen LogP contribution is 2.15. The van der Waals surface area contributed by atoms with Crippen LogP contribution in [0.4, 0.5) is 4.79 Å². The van der Waals surface area contributed by atoms with Gasteiger partial charge >= 0.3 is 6.09 Å². The van der Waals surface area contributed by atoms with Crippen molar-refractivity contribution in [2.45, 2.75) is 45.9 Å². The number of ether oxygens (including phenoxy) is 1. The van der Waals surface area contributed by atoms with E-state index in [-0.39, 0.29) is 12.6 Å². The van der Waals surface area contributed by atoms with E-state index in [4.69, 9.17) is 9.84 Å². The van der Waals surface area contributed by atoms with Crippen LogP contribution in [0.1, 0.15) is 44.9 Å². The van der Waals surface area contributed by atoms with Crippen LogP contribution in [0, 0.1) is 0 Å². The van der Waals surface area contributed by atoms with Crippen LogP contribution < -0.4 is 5.32 Å². The van der Waals surface area contributed by atoms with Crippen LogP contribution in [-0.2, 0) is 11.3 Å². The van der Waals surface area contributed by atoms with Gasteiger partial charge in [0.2, 0.25) is 0 Å². The van der Waals surface area contributed by atoms with Crippen LogP contribution in [-0.4, -0.2) is 16.8 Å². The van der Waals surface area contributed by atoms with Crippen LogP contribution in [0.15, 0.2) is 24.3 Å². The summed E-state index contributed by atoms with van der Waals surface area (Å²) in [7, 11) is 0. The maximum absolute atomic E-state index is 11.6. The number of nitrogens with one attached hydrogen (secondary N) is 1. The summed E-state index contributed by atoms with van der Waals surface area (Å²) in [5.41, 5.74) is 1.26. The van der Waals surface area contributed by atoms with Crippen molar-refractivity contribution in [3.8, 4) is 0 Å². The topological polar surface area (TPSA) is 58.6 Å². The minimum Gasteiger partial charge on any atom is -0.444 e. The Bertz CT molecular complexity index is 410. The molecule has 2 N–H and O–H groups in total. The number of aliphatic hydroxyl groups excluding tert-OH is 1. The number of carbonyl (C=O) groups is 1. The molecule has 1 aromatic carbocycles. The molecule has 1 amide bonds. The second-order valence-corrected chi connectivity index (χ2v) is 5.27. The Labute approximate surface area is 108 Å². The first-order valence-corrected chi connectivity index (χ1v) is 6.01. The van der Waals surface area contributed by atoms with Crippen LogP contribution in [0.3, 0.4) is 0 Å². The molecular formula is C14H21NO3. The summed E-state index contributed by atoms with van der Waals surface area (Å²) in [6.45, 7) is 7.34. The maximum Gasteiger partial charge on any atom is 0.408 e. The Morgan fingerprint density at radius 3 is 2.67 bits per heavy atom. The van der Waals surface area contributed by atoms with Gasteiger partial charge in [-0.05, 0) is 38.8 Å². The second kappa shape index (κ2) is 5.87. The van der Waals surface area contributed by atoms with Crippen molar-refractivity contribution in [2.24, 2.45) is 0 Å². The zero-order valence-corrected chi connectivity index (χ0v) is 11.4. The lowest BCUT2D eigenvalue weighted by molar-refractivity contribution is 0.0508. The SMILES string of the molecule is C[C@@H](NC(=O)OC(C)(C)C)c1cccc(CO)c1. The van der Waals surface area contributed by atoms with Gasteiger partial charge in [0.25, 0.3) is 0 Å². The van der Waals surface area contributed by atoms with E-state index in [0.717, 1.165) is 11.1 Å². The van der Waals surface area contributed by atoms with Crippen LogP contribution >= 0.6 is 0 Å². The third kappa shape index (κ3) is 4.75. The van der Waals surface area contributed by atoms with E-state index in [1.807, 2.05) is 52.0 Å². The highest BCUT2D eigenvalue weighted by atomic mass is 16.6. The molecule has 1 rings (SSSR count). The van der Waals surface area contributed by atoms with E-state index in [1.54, 1.807) is 0 Å². The summed E-state index contributed by atoms with van der Waals surface area (Å²) < 4.78 is 5.19. The molecule has 100 valence electrons. The molecular weight excluding hydrogens is 230 g/mol. The fourth-order valence-corrected chi connectivity index (χ4v) is 1.53. The average molecular weight is 251 g/mol. The van der Waals surface area contributed by atoms with Gasteiger partial charge in [-0.15, -0.1) is 0 Å². The van der Waals surface area contributed by atoms with E-state index in [1.165, 1.54) is 0 Å². The number of benzene rings is 1. The minimum absolute atomic E-state index is 0.00695. The maximum atomic E-state index is 11.6. The molecule has 0 spiro atoms. The largest absolute Gasteiger partial charge is 0.444 e. The van der Waals surface area contributed by atoms with Gasteiger partial charge in [0.1, 0.15) is 5.60 Å². The van der Waals surface area contributed by atoms with Crippen molar-refractivity contribution < 1.29 is 14.6 Å². The molecule has 1 aromatic rings. The summed E-state index contributed by atoms with van der Waals surface area (Å²) in [6.07, 6.45) is -0.440. The lowest BCUT2D eigenvalue weighted by Gasteiger charge is -2.22. The van der Waals surface area contributed by atoms with Gasteiger partial charge in [-0.2, -0.15) is 0 Å². The van der Waals surface area contributed by atoms with Gasteiger partial charge in [-0.3, -0.25) is 0 Å². The second-order valence-electron chi connectivity index (χ2n) is 5.27. The van der Waals surface area contributed by atoms with E-state index < -0.39 is 11.7 Å². The lowest BCUT2D eigenvalue weighted by atomic mass is 10.1. The monoisotopic (exact) mass is 251 g/mol. The molecule has 0 aromatic heterocycles. The number of hydrogen-bond donors (Lipinski definition) is 2. The lowest BCUT2D eigenvalue weighted by Crippen LogP contribution is -2.34. The third-order valence-corrected chi connectivity index (χ3v) is 2.37. The zero-order valence-electron chi connectivity index (χ0n) is 11.4. The first-order chi connectivity index (χ1) is 8.31. The average Bonchev–Trinajstić information content (AvgIpc) is 2.26. The molecule has 0 heterocycles. The number of carbonyl (C=O) groups excluding carboxylic acids is 1. The Morgan fingerprint density at radius 2 is 2.11 bits per heavy atom. The van der Waals surface area contributed by atoms with Crippen molar-refractivity contribution in [3.63, 3.8) is 0 Å². The smallest absolute Gasteiger partial charge is 0.408 e. The number of amides is 1. The number of aliphatic hydroxyl groups is 1. The summed E-state index contributed by atoms with van der Waals surface area (Å²) >= 11 is 0. The quantitative estimate of drug-likeness (QED) is 0.868. The molecule has 1 atom stereocenters. The number of hydrogen-bond acceptors (Lipinski definition) is 3. The van der Waals surface area contributed by atoms with E-state index >= 15 is 0 Å². The highest BCUT2D eigenvalue weighted by molar-refractivity contribution is 5.68. The minimum atomic E-state index is -0.503. The van der Waals surface area contributed by atoms with Crippen molar-refractivity contribution in [3.05, 3.63) is 35.4 Å². The molecule has 0 aliphatic heterocycles. The van der Waals surface area contributed by atoms with Gasteiger partial charge in [0.05, 0.1) is 12.6 Å². The van der Waals surface area contributed by atoms with E-state index in [0.29, 0.717) is 0 Å². The summed E-state index contributed by atoms with van der Waals surface area (Å²) in [4.78, 5) is 11.6. The fourth-order valence-electron chi connectivity index (χ4n) is 1.53. The molecule has 18 heavy (non-hydrogen) atoms. The fraction of sp³-hybridized carbons (Fsp3) is 0.500. The van der Waals surface area contributed by atoms with Crippen LogP contribution in [0.25, 0.3) is 0 Å². The van der Waals surface area contributed by atoms with Crippen LogP contribution in [0.2, 0.25) is 0 Å². The van der Waals surface area contributed by atoms with E-state index in [2.05, 4.69) is 5.32 Å². The predicted molar refractivity (Wildman–Crippen MR) is 70.1 cm³/mol. The summed E-state index contributed by atoms with van der Waals surface area (Å²) in [6, 6.07) is 7.30. The van der Waals surface area contributed by atoms with Crippen molar-refractivity contribution in [1.29, 1.82) is 0 Å². The van der Waals surface area contributed by atoms with E-state index in [9.17, 15) is 4.79 Å². The van der Waals surface area contributed by atoms with Gasteiger partial charge in [-0.25, -0.2) is 4.79 Å². The molecule has 0 unspecified atom stereocenters. The molecule has 0 saturated carbocycles. The van der Waals surface area contributed by atoms with Crippen LogP contribution in [0.5, 0.6) is 0 Å². The summed E-state index contributed by atoms with van der Waals surface area (Å²) in [5.74, 6) is 0. The Morgan fingerprint density at radius 1 is 1.44 bits per heavy atom. The van der Waals surface area contributed by atoms with Crippen molar-refractivity contribution in [2.75, 3.05) is 0 Å².